The maximum atomic E-state index is 10.5. The number of H-pyrrole nitrogens is 1. The zero-order valence-corrected chi connectivity index (χ0v) is 5.51. The van der Waals surface area contributed by atoms with Gasteiger partial charge in [0.2, 0.25) is 0 Å². The summed E-state index contributed by atoms with van der Waals surface area (Å²) >= 11 is 0. The van der Waals surface area contributed by atoms with E-state index in [1.165, 1.54) is 6.20 Å². The minimum atomic E-state index is -0.434. The third kappa shape index (κ3) is 1.07. The smallest absolute Gasteiger partial charge is 0.346 e. The molecule has 0 spiro atoms. The minimum absolute atomic E-state index is 0.214. The zero-order chi connectivity index (χ0) is 7.56. The van der Waals surface area contributed by atoms with Gasteiger partial charge >= 0.3 is 5.69 Å². The molecule has 0 fully saturated rings. The van der Waals surface area contributed by atoms with E-state index in [4.69, 9.17) is 5.73 Å². The molecule has 5 nitrogen and oxygen atoms in total. The summed E-state index contributed by atoms with van der Waals surface area (Å²) in [6.07, 6.45) is 1.48. The predicted octanol–water partition coefficient (Wildman–Crippen LogP) is -0.606. The highest BCUT2D eigenvalue weighted by atomic mass is 16.1. The molecule has 0 aliphatic heterocycles. The molecule has 5 heteroatoms. The Kier molecular flexibility index (Phi) is 1.57. The first-order valence-corrected chi connectivity index (χ1v) is 2.77. The average Bonchev–Trinajstić information content (AvgIpc) is 1.88. The van der Waals surface area contributed by atoms with Crippen LogP contribution in [0.1, 0.15) is 0 Å². The van der Waals surface area contributed by atoms with E-state index in [9.17, 15) is 4.79 Å². The Morgan fingerprint density at radius 3 is 3.00 bits per heavy atom. The molecular weight excluding hydrogens is 132 g/mol. The van der Waals surface area contributed by atoms with Crippen molar-refractivity contribution in [2.24, 2.45) is 0 Å². The highest BCUT2D eigenvalue weighted by Gasteiger charge is 1.95. The number of nitrogens with one attached hydrogen (secondary N) is 2. The molecule has 0 aromatic carbocycles. The van der Waals surface area contributed by atoms with Crippen molar-refractivity contribution in [3.63, 3.8) is 0 Å². The summed E-state index contributed by atoms with van der Waals surface area (Å²) in [7, 11) is 1.70. The molecular formula is C5H8N4O. The van der Waals surface area contributed by atoms with Gasteiger partial charge in [-0.05, 0) is 0 Å². The molecule has 0 unspecified atom stereocenters. The van der Waals surface area contributed by atoms with Gasteiger partial charge in [-0.15, -0.1) is 0 Å². The van der Waals surface area contributed by atoms with Crippen molar-refractivity contribution in [2.45, 2.75) is 0 Å². The Labute approximate surface area is 57.3 Å². The number of nitrogen functional groups attached to an aromatic ring is 1. The van der Waals surface area contributed by atoms with Crippen LogP contribution < -0.4 is 16.7 Å². The number of hydrogen-bond acceptors (Lipinski definition) is 4. The van der Waals surface area contributed by atoms with Crippen molar-refractivity contribution < 1.29 is 0 Å². The van der Waals surface area contributed by atoms with Gasteiger partial charge in [-0.1, -0.05) is 0 Å². The summed E-state index contributed by atoms with van der Waals surface area (Å²) in [5.41, 5.74) is 5.53. The summed E-state index contributed by atoms with van der Waals surface area (Å²) in [5.74, 6) is 0.214. The SMILES string of the molecule is CNc1c[nH]c(=O)nc1N. The van der Waals surface area contributed by atoms with Gasteiger partial charge in [-0.3, -0.25) is 0 Å². The number of aromatic amines is 1. The van der Waals surface area contributed by atoms with Crippen LogP contribution in [0.25, 0.3) is 0 Å². The molecule has 1 heterocycles. The molecule has 0 saturated carbocycles. The molecule has 1 aromatic rings. The zero-order valence-electron chi connectivity index (χ0n) is 5.51. The standard InChI is InChI=1S/C5H8N4O/c1-7-3-2-8-5(10)9-4(3)6/h2,7H,1H3,(H3,6,8,9,10). The maximum Gasteiger partial charge on any atom is 0.346 e. The Balaban J connectivity index is 3.19. The van der Waals surface area contributed by atoms with Crippen molar-refractivity contribution in [1.29, 1.82) is 0 Å². The van der Waals surface area contributed by atoms with E-state index in [0.717, 1.165) is 0 Å². The second-order valence-electron chi connectivity index (χ2n) is 1.75. The monoisotopic (exact) mass is 140 g/mol. The van der Waals surface area contributed by atoms with Crippen molar-refractivity contribution in [2.75, 3.05) is 18.1 Å². The van der Waals surface area contributed by atoms with Crippen LogP contribution in [0.2, 0.25) is 0 Å². The second kappa shape index (κ2) is 2.38. The molecule has 0 atom stereocenters. The molecule has 0 saturated heterocycles. The summed E-state index contributed by atoms with van der Waals surface area (Å²) < 4.78 is 0. The highest BCUT2D eigenvalue weighted by Crippen LogP contribution is 2.07. The van der Waals surface area contributed by atoms with Crippen molar-refractivity contribution in [3.05, 3.63) is 16.7 Å². The first-order valence-electron chi connectivity index (χ1n) is 2.77. The number of nitrogens with two attached hydrogens (primary N) is 1. The van der Waals surface area contributed by atoms with Gasteiger partial charge in [0, 0.05) is 13.2 Å². The maximum absolute atomic E-state index is 10.5. The van der Waals surface area contributed by atoms with Gasteiger partial charge < -0.3 is 16.0 Å². The number of hydrogen-bond donors (Lipinski definition) is 3. The third-order valence-electron chi connectivity index (χ3n) is 1.11. The molecule has 4 N–H and O–H groups in total. The van der Waals surface area contributed by atoms with E-state index in [0.29, 0.717) is 5.69 Å². The van der Waals surface area contributed by atoms with Crippen LogP contribution in [0.15, 0.2) is 11.0 Å². The van der Waals surface area contributed by atoms with E-state index >= 15 is 0 Å². The lowest BCUT2D eigenvalue weighted by atomic mass is 10.5. The summed E-state index contributed by atoms with van der Waals surface area (Å²) in [5, 5.41) is 2.76. The molecule has 0 aliphatic rings. The normalized spacial score (nSPS) is 9.30. The van der Waals surface area contributed by atoms with Gasteiger partial charge in [0.25, 0.3) is 0 Å². The van der Waals surface area contributed by atoms with Crippen molar-refractivity contribution in [3.8, 4) is 0 Å². The van der Waals surface area contributed by atoms with Crippen LogP contribution in [-0.2, 0) is 0 Å². The molecule has 0 amide bonds. The van der Waals surface area contributed by atoms with Crippen LogP contribution in [0.4, 0.5) is 11.5 Å². The lowest BCUT2D eigenvalue weighted by Crippen LogP contribution is -2.13. The molecule has 1 aromatic heterocycles. The van der Waals surface area contributed by atoms with Gasteiger partial charge in [-0.2, -0.15) is 4.98 Å². The van der Waals surface area contributed by atoms with Crippen molar-refractivity contribution >= 4 is 11.5 Å². The molecule has 0 aliphatic carbocycles. The minimum Gasteiger partial charge on any atom is -0.384 e. The average molecular weight is 140 g/mol. The third-order valence-corrected chi connectivity index (χ3v) is 1.11. The fourth-order valence-corrected chi connectivity index (χ4v) is 0.610. The Morgan fingerprint density at radius 2 is 2.50 bits per heavy atom. The number of rotatable bonds is 1. The Bertz CT molecular complexity index is 279. The van der Waals surface area contributed by atoms with E-state index in [1.807, 2.05) is 0 Å². The molecule has 0 radical (unpaired) electrons. The molecule has 10 heavy (non-hydrogen) atoms. The van der Waals surface area contributed by atoms with Gasteiger partial charge in [0.1, 0.15) is 0 Å². The fourth-order valence-electron chi connectivity index (χ4n) is 0.610. The largest absolute Gasteiger partial charge is 0.384 e. The van der Waals surface area contributed by atoms with Gasteiger partial charge in [-0.25, -0.2) is 4.79 Å². The quantitative estimate of drug-likeness (QED) is 0.486. The van der Waals surface area contributed by atoms with Crippen LogP contribution in [0.5, 0.6) is 0 Å². The first kappa shape index (κ1) is 6.60. The topological polar surface area (TPSA) is 83.8 Å². The Morgan fingerprint density at radius 1 is 1.80 bits per heavy atom. The number of nitrogens with zero attached hydrogens (tertiary/aromatic N) is 1. The number of aromatic nitrogens is 2. The summed E-state index contributed by atoms with van der Waals surface area (Å²) in [6.45, 7) is 0. The van der Waals surface area contributed by atoms with Gasteiger partial charge in [0.05, 0.1) is 5.69 Å². The van der Waals surface area contributed by atoms with E-state index < -0.39 is 5.69 Å². The summed E-state index contributed by atoms with van der Waals surface area (Å²) in [4.78, 5) is 16.3. The van der Waals surface area contributed by atoms with E-state index in [1.54, 1.807) is 7.05 Å². The van der Waals surface area contributed by atoms with Gasteiger partial charge in [0.15, 0.2) is 5.82 Å². The predicted molar refractivity (Wildman–Crippen MR) is 38.8 cm³/mol. The first-order chi connectivity index (χ1) is 4.74. The van der Waals surface area contributed by atoms with Crippen LogP contribution >= 0.6 is 0 Å². The molecule has 1 rings (SSSR count). The van der Waals surface area contributed by atoms with Crippen LogP contribution in [0, 0.1) is 0 Å². The lowest BCUT2D eigenvalue weighted by Gasteiger charge is -1.99. The number of anilines is 2. The van der Waals surface area contributed by atoms with Crippen LogP contribution in [0.3, 0.4) is 0 Å². The van der Waals surface area contributed by atoms with E-state index in [-0.39, 0.29) is 5.82 Å². The lowest BCUT2D eigenvalue weighted by molar-refractivity contribution is 1.08. The molecule has 0 bridgehead atoms. The second-order valence-corrected chi connectivity index (χ2v) is 1.75. The van der Waals surface area contributed by atoms with Crippen LogP contribution in [-0.4, -0.2) is 17.0 Å². The fraction of sp³-hybridized carbons (Fsp3) is 0.200. The summed E-state index contributed by atoms with van der Waals surface area (Å²) in [6, 6.07) is 0. The van der Waals surface area contributed by atoms with Crippen molar-refractivity contribution in [1.82, 2.24) is 9.97 Å². The molecule has 54 valence electrons. The van der Waals surface area contributed by atoms with E-state index in [2.05, 4.69) is 15.3 Å². The highest BCUT2D eigenvalue weighted by molar-refractivity contribution is 5.58. The Hall–Kier alpha value is -1.52.